The fourth-order valence-electron chi connectivity index (χ4n) is 6.82. The Kier molecular flexibility index (Phi) is 7.24. The summed E-state index contributed by atoms with van der Waals surface area (Å²) in [6.07, 6.45) is 7.96. The first-order valence-corrected chi connectivity index (χ1v) is 17.1. The normalized spacial score (nSPS) is 27.1. The van der Waals surface area contributed by atoms with E-state index in [1.165, 1.54) is 17.5 Å². The molecule has 43 heavy (non-hydrogen) atoms. The number of carbonyl (C=O) groups is 3. The van der Waals surface area contributed by atoms with Crippen LogP contribution in [0.25, 0.3) is 10.1 Å². The molecule has 3 saturated heterocycles. The SMILES string of the molecule is O=C(N[C@H]1C[C@@H]2C[C@@H]2C[C@H]2CC[C@@H](C(=O)N3CC(Oc4cnccn4)C3)N2C1=O)c1cc2cc(CP(=O)(O)O)ccc2s1. The van der Waals surface area contributed by atoms with Gasteiger partial charge in [-0.15, -0.1) is 11.3 Å². The summed E-state index contributed by atoms with van der Waals surface area (Å²) in [4.78, 5) is 71.7. The summed E-state index contributed by atoms with van der Waals surface area (Å²) in [7, 11) is -4.22. The quantitative estimate of drug-likeness (QED) is 0.335. The fraction of sp³-hybridized carbons (Fsp3) is 0.483. The van der Waals surface area contributed by atoms with Crippen molar-refractivity contribution in [1.82, 2.24) is 25.1 Å². The highest BCUT2D eigenvalue weighted by molar-refractivity contribution is 7.50. The maximum absolute atomic E-state index is 14.0. The van der Waals surface area contributed by atoms with Crippen LogP contribution in [0.3, 0.4) is 0 Å². The van der Waals surface area contributed by atoms with E-state index in [0.717, 1.165) is 24.0 Å². The van der Waals surface area contributed by atoms with Crippen LogP contribution in [-0.4, -0.2) is 84.6 Å². The van der Waals surface area contributed by atoms with Gasteiger partial charge in [0.05, 0.1) is 30.3 Å². The zero-order valence-corrected chi connectivity index (χ0v) is 25.0. The second kappa shape index (κ2) is 11.0. The Morgan fingerprint density at radius 2 is 1.91 bits per heavy atom. The van der Waals surface area contributed by atoms with Gasteiger partial charge in [-0.1, -0.05) is 6.07 Å². The van der Waals surface area contributed by atoms with Crippen molar-refractivity contribution < 1.29 is 33.5 Å². The molecule has 3 aromatic rings. The third-order valence-electron chi connectivity index (χ3n) is 9.01. The molecule has 226 valence electrons. The predicted molar refractivity (Wildman–Crippen MR) is 156 cm³/mol. The molecular formula is C29H32N5O7PS. The molecule has 5 heterocycles. The number of thiophene rings is 1. The number of benzene rings is 1. The number of ether oxygens (including phenoxy) is 1. The van der Waals surface area contributed by atoms with Gasteiger partial charge < -0.3 is 29.6 Å². The number of aromatic nitrogens is 2. The Labute approximate surface area is 251 Å². The number of amides is 3. The second-order valence-electron chi connectivity index (χ2n) is 12.1. The largest absolute Gasteiger partial charge is 0.469 e. The molecule has 1 aliphatic carbocycles. The highest BCUT2D eigenvalue weighted by Gasteiger charge is 2.52. The Morgan fingerprint density at radius 3 is 2.67 bits per heavy atom. The number of hydrogen-bond donors (Lipinski definition) is 3. The average Bonchev–Trinajstić information content (AvgIpc) is 3.31. The van der Waals surface area contributed by atoms with Crippen LogP contribution >= 0.6 is 18.9 Å². The molecular weight excluding hydrogens is 593 g/mol. The number of fused-ring (bicyclic) bond motifs is 3. The second-order valence-corrected chi connectivity index (χ2v) is 14.8. The fourth-order valence-corrected chi connectivity index (χ4v) is 8.44. The van der Waals surface area contributed by atoms with Gasteiger partial charge in [0, 0.05) is 23.1 Å². The van der Waals surface area contributed by atoms with Gasteiger partial charge in [0.2, 0.25) is 17.7 Å². The molecule has 7 rings (SSSR count). The standard InChI is InChI=1S/C29H32N5O7PS/c35-27(25-11-19-7-16(15-42(38,39)40)1-4-24(19)43-25)32-22-10-18-8-17(18)9-20-2-3-23(34(20)28(22)36)29(37)33-13-21(14-33)41-26-12-30-5-6-31-26/h1,4-7,11-12,17-18,20-23H,2-3,8-10,13-15H2,(H,32,35)(H2,38,39,40)/t17-,18+,20-,22+,23+/m1/s1. The molecule has 0 unspecified atom stereocenters. The van der Waals surface area contributed by atoms with Gasteiger partial charge in [0.1, 0.15) is 18.2 Å². The van der Waals surface area contributed by atoms with E-state index in [2.05, 4.69) is 15.3 Å². The molecule has 14 heteroatoms. The average molecular weight is 626 g/mol. The summed E-state index contributed by atoms with van der Waals surface area (Å²) in [5.74, 6) is 0.662. The Morgan fingerprint density at radius 1 is 1.09 bits per heavy atom. The highest BCUT2D eigenvalue weighted by atomic mass is 32.1. The van der Waals surface area contributed by atoms with Crippen LogP contribution in [0.15, 0.2) is 42.9 Å². The minimum Gasteiger partial charge on any atom is -0.469 e. The summed E-state index contributed by atoms with van der Waals surface area (Å²) in [6.45, 7) is 0.844. The first kappa shape index (κ1) is 28.4. The minimum atomic E-state index is -4.22. The number of hydrogen-bond acceptors (Lipinski definition) is 8. The molecule has 1 saturated carbocycles. The van der Waals surface area contributed by atoms with E-state index >= 15 is 0 Å². The van der Waals surface area contributed by atoms with Crippen LogP contribution in [0.4, 0.5) is 0 Å². The van der Waals surface area contributed by atoms with Crippen molar-refractivity contribution >= 4 is 46.7 Å². The van der Waals surface area contributed by atoms with Gasteiger partial charge in [-0.05, 0) is 73.1 Å². The van der Waals surface area contributed by atoms with E-state index in [4.69, 9.17) is 4.74 Å². The third kappa shape index (κ3) is 5.91. The topological polar surface area (TPSA) is 162 Å². The third-order valence-corrected chi connectivity index (χ3v) is 10.9. The van der Waals surface area contributed by atoms with Crippen molar-refractivity contribution in [2.45, 2.75) is 62.5 Å². The van der Waals surface area contributed by atoms with E-state index in [1.807, 2.05) is 0 Å². The van der Waals surface area contributed by atoms with Crippen molar-refractivity contribution in [2.75, 3.05) is 13.1 Å². The number of rotatable bonds is 7. The lowest BCUT2D eigenvalue weighted by atomic mass is 9.98. The summed E-state index contributed by atoms with van der Waals surface area (Å²) >= 11 is 1.27. The monoisotopic (exact) mass is 625 g/mol. The Hall–Kier alpha value is -3.38. The molecule has 3 aliphatic heterocycles. The zero-order valence-electron chi connectivity index (χ0n) is 23.2. The van der Waals surface area contributed by atoms with Crippen LogP contribution in [0.2, 0.25) is 0 Å². The molecule has 4 fully saturated rings. The number of nitrogens with zero attached hydrogens (tertiary/aromatic N) is 4. The lowest BCUT2D eigenvalue weighted by Crippen LogP contribution is -2.62. The van der Waals surface area contributed by atoms with E-state index in [9.17, 15) is 28.7 Å². The van der Waals surface area contributed by atoms with Gasteiger partial charge in [-0.25, -0.2) is 4.98 Å². The predicted octanol–water partition coefficient (Wildman–Crippen LogP) is 2.55. The molecule has 12 nitrogen and oxygen atoms in total. The van der Waals surface area contributed by atoms with E-state index in [1.54, 1.807) is 46.5 Å². The maximum Gasteiger partial charge on any atom is 0.329 e. The summed E-state index contributed by atoms with van der Waals surface area (Å²) < 4.78 is 18.0. The van der Waals surface area contributed by atoms with Gasteiger partial charge in [0.25, 0.3) is 5.91 Å². The van der Waals surface area contributed by atoms with E-state index in [-0.39, 0.29) is 36.0 Å². The van der Waals surface area contributed by atoms with Crippen LogP contribution < -0.4 is 10.1 Å². The summed E-state index contributed by atoms with van der Waals surface area (Å²) in [6, 6.07) is 5.49. The van der Waals surface area contributed by atoms with Crippen LogP contribution in [0, 0.1) is 11.8 Å². The number of likely N-dealkylation sites (tertiary alicyclic amines) is 1. The molecule has 3 amide bonds. The van der Waals surface area contributed by atoms with Crippen molar-refractivity contribution in [3.8, 4) is 5.88 Å². The van der Waals surface area contributed by atoms with Crippen molar-refractivity contribution in [3.63, 3.8) is 0 Å². The lowest BCUT2D eigenvalue weighted by molar-refractivity contribution is -0.152. The molecule has 5 atom stereocenters. The molecule has 1 aromatic carbocycles. The molecule has 3 N–H and O–H groups in total. The van der Waals surface area contributed by atoms with Crippen LogP contribution in [0.1, 0.15) is 47.3 Å². The molecule has 0 radical (unpaired) electrons. The smallest absolute Gasteiger partial charge is 0.329 e. The molecule has 0 spiro atoms. The van der Waals surface area contributed by atoms with Gasteiger partial charge in [-0.2, -0.15) is 0 Å². The lowest BCUT2D eigenvalue weighted by Gasteiger charge is -2.42. The molecule has 0 bridgehead atoms. The highest BCUT2D eigenvalue weighted by Crippen LogP contribution is 2.49. The zero-order chi connectivity index (χ0) is 29.9. The summed E-state index contributed by atoms with van der Waals surface area (Å²) in [5.41, 5.74) is 0.491. The van der Waals surface area contributed by atoms with Crippen LogP contribution in [0.5, 0.6) is 5.88 Å². The first-order valence-electron chi connectivity index (χ1n) is 14.5. The van der Waals surface area contributed by atoms with Crippen LogP contribution in [-0.2, 0) is 20.3 Å². The maximum atomic E-state index is 14.0. The van der Waals surface area contributed by atoms with E-state index < -0.39 is 19.7 Å². The number of carbonyl (C=O) groups excluding carboxylic acids is 3. The van der Waals surface area contributed by atoms with E-state index in [0.29, 0.717) is 59.5 Å². The van der Waals surface area contributed by atoms with Gasteiger partial charge in [0.15, 0.2) is 0 Å². The molecule has 2 aromatic heterocycles. The summed E-state index contributed by atoms with van der Waals surface area (Å²) in [5, 5.41) is 3.70. The Bertz CT molecular complexity index is 1620. The van der Waals surface area contributed by atoms with Gasteiger partial charge >= 0.3 is 7.60 Å². The minimum absolute atomic E-state index is 0.0131. The Balaban J connectivity index is 1.04. The van der Waals surface area contributed by atoms with Crippen molar-refractivity contribution in [1.29, 1.82) is 0 Å². The number of nitrogens with one attached hydrogen (secondary N) is 1. The van der Waals surface area contributed by atoms with Crippen molar-refractivity contribution in [2.24, 2.45) is 11.8 Å². The van der Waals surface area contributed by atoms with Crippen molar-refractivity contribution in [3.05, 3.63) is 53.3 Å². The first-order chi connectivity index (χ1) is 20.6. The van der Waals surface area contributed by atoms with Gasteiger partial charge in [-0.3, -0.25) is 23.9 Å². The molecule has 4 aliphatic rings.